The number of aromatic amines is 1. The molecule has 4 N–H and O–H groups in total. The Balaban J connectivity index is 1.33. The fourth-order valence-corrected chi connectivity index (χ4v) is 4.83. The lowest BCUT2D eigenvalue weighted by Crippen LogP contribution is -2.23. The normalized spacial score (nSPS) is 11.3. The number of amides is 1. The second-order valence-electron chi connectivity index (χ2n) is 9.96. The van der Waals surface area contributed by atoms with Crippen molar-refractivity contribution in [1.29, 1.82) is 0 Å². The second kappa shape index (κ2) is 12.7. The number of nitrogens with one attached hydrogen (secondary N) is 2. The van der Waals surface area contributed by atoms with E-state index in [1.54, 1.807) is 36.5 Å². The number of hydrogen-bond acceptors (Lipinski definition) is 6. The van der Waals surface area contributed by atoms with Gasteiger partial charge in [-0.25, -0.2) is 19.3 Å². The van der Waals surface area contributed by atoms with Crippen LogP contribution in [0.15, 0.2) is 72.9 Å². The average Bonchev–Trinajstić information content (AvgIpc) is 3.41. The summed E-state index contributed by atoms with van der Waals surface area (Å²) in [6, 6.07) is 19.2. The molecule has 0 saturated carbocycles. The van der Waals surface area contributed by atoms with Crippen LogP contribution in [0.2, 0.25) is 0 Å². The molecule has 8 nitrogen and oxygen atoms in total. The van der Waals surface area contributed by atoms with Crippen molar-refractivity contribution >= 4 is 28.4 Å². The van der Waals surface area contributed by atoms with Crippen molar-refractivity contribution < 1.29 is 9.18 Å². The number of halogens is 1. The third-order valence-corrected chi connectivity index (χ3v) is 7.16. The van der Waals surface area contributed by atoms with E-state index in [2.05, 4.69) is 51.1 Å². The molecule has 0 aliphatic rings. The van der Waals surface area contributed by atoms with Gasteiger partial charge in [0.1, 0.15) is 11.5 Å². The molecule has 5 aromatic rings. The van der Waals surface area contributed by atoms with E-state index in [9.17, 15) is 9.18 Å². The van der Waals surface area contributed by atoms with Crippen LogP contribution < -0.4 is 11.1 Å². The number of aryl methyl sites for hydroxylation is 1. The van der Waals surface area contributed by atoms with Gasteiger partial charge in [-0.2, -0.15) is 0 Å². The molecular formula is C32H34FN7O. The molecule has 2 aromatic heterocycles. The third kappa shape index (κ3) is 6.75. The number of anilines is 2. The quantitative estimate of drug-likeness (QED) is 0.166. The van der Waals surface area contributed by atoms with Gasteiger partial charge in [0, 0.05) is 16.8 Å². The number of aromatic nitrogens is 4. The van der Waals surface area contributed by atoms with E-state index in [1.165, 1.54) is 17.7 Å². The number of benzene rings is 3. The number of unbranched alkanes of at least 4 members (excludes halogenated alkanes) is 1. The van der Waals surface area contributed by atoms with Crippen LogP contribution in [0.4, 0.5) is 15.9 Å². The summed E-state index contributed by atoms with van der Waals surface area (Å²) >= 11 is 0. The molecule has 5 rings (SSSR count). The molecule has 41 heavy (non-hydrogen) atoms. The van der Waals surface area contributed by atoms with Gasteiger partial charge in [-0.3, -0.25) is 4.79 Å². The van der Waals surface area contributed by atoms with Gasteiger partial charge in [0.15, 0.2) is 11.6 Å². The van der Waals surface area contributed by atoms with Crippen molar-refractivity contribution in [3.63, 3.8) is 0 Å². The first-order chi connectivity index (χ1) is 19.9. The predicted octanol–water partition coefficient (Wildman–Crippen LogP) is 6.33. The van der Waals surface area contributed by atoms with Gasteiger partial charge < -0.3 is 20.9 Å². The Bertz CT molecular complexity index is 1660. The lowest BCUT2D eigenvalue weighted by molar-refractivity contribution is 0.102. The van der Waals surface area contributed by atoms with Crippen LogP contribution in [0.1, 0.15) is 42.6 Å². The third-order valence-electron chi connectivity index (χ3n) is 7.16. The van der Waals surface area contributed by atoms with Crippen LogP contribution in [-0.2, 0) is 6.42 Å². The maximum atomic E-state index is 13.5. The van der Waals surface area contributed by atoms with E-state index in [4.69, 9.17) is 10.7 Å². The highest BCUT2D eigenvalue weighted by Crippen LogP contribution is 2.27. The standard InChI is InChI=1S/C32H34FN7O/c1-3-40(4-2)16-6-5-9-21-10-7-11-22(17-21)28-20-35-30(34)29(37-28)31-38-26-15-14-23(18-27(26)39-31)32(41)36-25-13-8-12-24(33)19-25/h7-8,10-15,17-20H,3-6,9,16H2,1-2H3,(H2,34,35)(H,36,41)(H,38,39). The molecule has 210 valence electrons. The van der Waals surface area contributed by atoms with E-state index in [1.807, 2.05) is 12.1 Å². The first-order valence-electron chi connectivity index (χ1n) is 13.9. The molecule has 3 aromatic carbocycles. The molecule has 0 radical (unpaired) electrons. The Labute approximate surface area is 238 Å². The zero-order chi connectivity index (χ0) is 28.8. The average molecular weight is 552 g/mol. The summed E-state index contributed by atoms with van der Waals surface area (Å²) in [6.45, 7) is 7.70. The molecule has 0 spiro atoms. The van der Waals surface area contributed by atoms with Crippen LogP contribution >= 0.6 is 0 Å². The smallest absolute Gasteiger partial charge is 0.255 e. The van der Waals surface area contributed by atoms with Crippen molar-refractivity contribution in [3.8, 4) is 22.8 Å². The summed E-state index contributed by atoms with van der Waals surface area (Å²) in [6.07, 6.45) is 4.97. The molecule has 9 heteroatoms. The largest absolute Gasteiger partial charge is 0.382 e. The molecule has 0 atom stereocenters. The molecule has 0 bridgehead atoms. The number of fused-ring (bicyclic) bond motifs is 1. The van der Waals surface area contributed by atoms with Crippen LogP contribution in [0.5, 0.6) is 0 Å². The molecule has 0 fully saturated rings. The SMILES string of the molecule is CCN(CC)CCCCc1cccc(-c2cnc(N)c(-c3nc4ccc(C(=O)Nc5cccc(F)c5)cc4[nH]3)n2)c1. The molecule has 0 saturated heterocycles. The Kier molecular flexibility index (Phi) is 8.64. The summed E-state index contributed by atoms with van der Waals surface area (Å²) in [5, 5.41) is 2.71. The van der Waals surface area contributed by atoms with Crippen LogP contribution in [0.3, 0.4) is 0 Å². The fourth-order valence-electron chi connectivity index (χ4n) is 4.83. The highest BCUT2D eigenvalue weighted by atomic mass is 19.1. The number of nitrogens with two attached hydrogens (primary N) is 1. The summed E-state index contributed by atoms with van der Waals surface area (Å²) in [5.74, 6) is -0.0654. The lowest BCUT2D eigenvalue weighted by atomic mass is 10.0. The van der Waals surface area contributed by atoms with E-state index in [0.29, 0.717) is 39.5 Å². The van der Waals surface area contributed by atoms with Gasteiger partial charge in [0.2, 0.25) is 0 Å². The highest BCUT2D eigenvalue weighted by molar-refractivity contribution is 6.06. The fraction of sp³-hybridized carbons (Fsp3) is 0.250. The Morgan fingerprint density at radius 1 is 1.00 bits per heavy atom. The summed E-state index contributed by atoms with van der Waals surface area (Å²) < 4.78 is 13.5. The number of H-pyrrole nitrogens is 1. The minimum Gasteiger partial charge on any atom is -0.382 e. The lowest BCUT2D eigenvalue weighted by Gasteiger charge is -2.17. The Morgan fingerprint density at radius 3 is 2.63 bits per heavy atom. The van der Waals surface area contributed by atoms with E-state index < -0.39 is 5.82 Å². The number of rotatable bonds is 11. The van der Waals surface area contributed by atoms with Gasteiger partial charge >= 0.3 is 0 Å². The van der Waals surface area contributed by atoms with Crippen LogP contribution in [-0.4, -0.2) is 50.4 Å². The van der Waals surface area contributed by atoms with E-state index in [0.717, 1.165) is 44.5 Å². The Hall–Kier alpha value is -4.63. The van der Waals surface area contributed by atoms with E-state index in [-0.39, 0.29) is 11.7 Å². The summed E-state index contributed by atoms with van der Waals surface area (Å²) in [4.78, 5) is 32.3. The van der Waals surface area contributed by atoms with E-state index >= 15 is 0 Å². The van der Waals surface area contributed by atoms with Crippen molar-refractivity contribution in [3.05, 3.63) is 89.9 Å². The van der Waals surface area contributed by atoms with Crippen LogP contribution in [0, 0.1) is 5.82 Å². The highest BCUT2D eigenvalue weighted by Gasteiger charge is 2.15. The minimum absolute atomic E-state index is 0.254. The second-order valence-corrected chi connectivity index (χ2v) is 9.96. The number of nitrogens with zero attached hydrogens (tertiary/aromatic N) is 4. The number of carbonyl (C=O) groups is 1. The van der Waals surface area contributed by atoms with Gasteiger partial charge in [-0.05, 0) is 86.9 Å². The Morgan fingerprint density at radius 2 is 1.83 bits per heavy atom. The zero-order valence-electron chi connectivity index (χ0n) is 23.3. The first kappa shape index (κ1) is 27.9. The van der Waals surface area contributed by atoms with Gasteiger partial charge in [0.25, 0.3) is 5.91 Å². The van der Waals surface area contributed by atoms with Crippen molar-refractivity contribution in [2.24, 2.45) is 0 Å². The maximum Gasteiger partial charge on any atom is 0.255 e. The number of nitrogen functional groups attached to an aromatic ring is 1. The summed E-state index contributed by atoms with van der Waals surface area (Å²) in [7, 11) is 0. The molecule has 1 amide bonds. The van der Waals surface area contributed by atoms with Gasteiger partial charge in [-0.1, -0.05) is 38.1 Å². The maximum absolute atomic E-state index is 13.5. The van der Waals surface area contributed by atoms with Crippen molar-refractivity contribution in [2.45, 2.75) is 33.1 Å². The summed E-state index contributed by atoms with van der Waals surface area (Å²) in [5.41, 5.74) is 11.7. The molecular weight excluding hydrogens is 517 g/mol. The molecule has 0 unspecified atom stereocenters. The zero-order valence-corrected chi connectivity index (χ0v) is 23.3. The van der Waals surface area contributed by atoms with Crippen molar-refractivity contribution in [2.75, 3.05) is 30.7 Å². The molecule has 0 aliphatic carbocycles. The van der Waals surface area contributed by atoms with Gasteiger partial charge in [0.05, 0.1) is 22.9 Å². The number of hydrogen-bond donors (Lipinski definition) is 3. The molecule has 2 heterocycles. The first-order valence-corrected chi connectivity index (χ1v) is 13.9. The monoisotopic (exact) mass is 551 g/mol. The number of imidazole rings is 1. The van der Waals surface area contributed by atoms with Gasteiger partial charge in [-0.15, -0.1) is 0 Å². The topological polar surface area (TPSA) is 113 Å². The number of carbonyl (C=O) groups excluding carboxylic acids is 1. The predicted molar refractivity (Wildman–Crippen MR) is 162 cm³/mol. The minimum atomic E-state index is -0.421. The van der Waals surface area contributed by atoms with Crippen molar-refractivity contribution in [1.82, 2.24) is 24.8 Å². The van der Waals surface area contributed by atoms with Crippen LogP contribution in [0.25, 0.3) is 33.8 Å². The molecule has 0 aliphatic heterocycles.